The van der Waals surface area contributed by atoms with Crippen LogP contribution >= 0.6 is 0 Å². The molecule has 0 unspecified atom stereocenters. The Labute approximate surface area is 283 Å². The summed E-state index contributed by atoms with van der Waals surface area (Å²) >= 11 is 0. The van der Waals surface area contributed by atoms with E-state index in [0.717, 1.165) is 54.8 Å². The van der Waals surface area contributed by atoms with Crippen LogP contribution in [0.1, 0.15) is 57.3 Å². The number of piperazine rings is 1. The van der Waals surface area contributed by atoms with Gasteiger partial charge in [0.1, 0.15) is 11.4 Å². The van der Waals surface area contributed by atoms with Crippen LogP contribution in [0, 0.1) is 0 Å². The van der Waals surface area contributed by atoms with Crippen LogP contribution in [0.2, 0.25) is 0 Å². The molecule has 0 atom stereocenters. The number of aromatic nitrogens is 2. The summed E-state index contributed by atoms with van der Waals surface area (Å²) in [6.07, 6.45) is -3.02. The van der Waals surface area contributed by atoms with E-state index < -0.39 is 17.6 Å². The summed E-state index contributed by atoms with van der Waals surface area (Å²) in [7, 11) is 3.41. The maximum atomic E-state index is 13.6. The molecule has 0 radical (unpaired) electrons. The molecule has 1 saturated heterocycles. The first-order chi connectivity index (χ1) is 23.4. The second-order valence-corrected chi connectivity index (χ2v) is 12.7. The molecule has 254 valence electrons. The molecule has 3 heterocycles. The zero-order chi connectivity index (χ0) is 34.9. The Balaban J connectivity index is 1.06. The van der Waals surface area contributed by atoms with Gasteiger partial charge in [0, 0.05) is 69.4 Å². The average Bonchev–Trinajstić information content (AvgIpc) is 3.43. The molecule has 2 amide bonds. The Morgan fingerprint density at radius 3 is 2.20 bits per heavy atom. The predicted octanol–water partition coefficient (Wildman–Crippen LogP) is 7.74. The van der Waals surface area contributed by atoms with E-state index in [0.29, 0.717) is 42.0 Å². The molecule has 0 bridgehead atoms. The first kappa shape index (κ1) is 33.7. The number of carbonyl (C=O) groups excluding carboxylic acids is 2. The van der Waals surface area contributed by atoms with Crippen molar-refractivity contribution in [3.8, 4) is 11.6 Å². The maximum absolute atomic E-state index is 13.6. The van der Waals surface area contributed by atoms with Crippen molar-refractivity contribution in [2.45, 2.75) is 32.5 Å². The van der Waals surface area contributed by atoms with Gasteiger partial charge < -0.3 is 19.1 Å². The fraction of sp³-hybridized carbons (Fsp3) is 0.289. The fourth-order valence-electron chi connectivity index (χ4n) is 6.00. The van der Waals surface area contributed by atoms with Crippen LogP contribution in [0.15, 0.2) is 91.1 Å². The molecule has 1 aliphatic heterocycles. The number of nitrogens with zero attached hydrogens (tertiary/aromatic N) is 5. The van der Waals surface area contributed by atoms with Crippen molar-refractivity contribution in [1.82, 2.24) is 19.4 Å². The number of ether oxygens (including phenoxy) is 1. The van der Waals surface area contributed by atoms with Gasteiger partial charge >= 0.3 is 6.18 Å². The molecule has 49 heavy (non-hydrogen) atoms. The Bertz CT molecular complexity index is 1940. The van der Waals surface area contributed by atoms with E-state index in [4.69, 9.17) is 4.74 Å². The van der Waals surface area contributed by atoms with Gasteiger partial charge in [-0.25, -0.2) is 4.98 Å². The van der Waals surface area contributed by atoms with E-state index >= 15 is 0 Å². The number of hydrogen-bond donors (Lipinski definition) is 0. The number of amides is 2. The maximum Gasteiger partial charge on any atom is 0.416 e. The lowest BCUT2D eigenvalue weighted by molar-refractivity contribution is -0.137. The third-order valence-electron chi connectivity index (χ3n) is 9.04. The summed E-state index contributed by atoms with van der Waals surface area (Å²) in [6, 6.07) is 23.5. The van der Waals surface area contributed by atoms with Gasteiger partial charge in [-0.15, -0.1) is 0 Å². The average molecular weight is 670 g/mol. The lowest BCUT2D eigenvalue weighted by Gasteiger charge is -2.34. The van der Waals surface area contributed by atoms with Gasteiger partial charge in [0.15, 0.2) is 0 Å². The van der Waals surface area contributed by atoms with Crippen LogP contribution in [0.3, 0.4) is 0 Å². The molecule has 6 rings (SSSR count). The van der Waals surface area contributed by atoms with Crippen LogP contribution in [-0.4, -0.2) is 64.4 Å². The number of hydrogen-bond acceptors (Lipinski definition) is 5. The zero-order valence-electron chi connectivity index (χ0n) is 27.9. The van der Waals surface area contributed by atoms with Crippen molar-refractivity contribution >= 4 is 28.4 Å². The third-order valence-corrected chi connectivity index (χ3v) is 9.04. The Morgan fingerprint density at radius 2 is 1.59 bits per heavy atom. The minimum absolute atomic E-state index is 0.00526. The molecule has 8 nitrogen and oxygen atoms in total. The van der Waals surface area contributed by atoms with Crippen molar-refractivity contribution in [1.29, 1.82) is 0 Å². The lowest BCUT2D eigenvalue weighted by atomic mass is 10.0. The van der Waals surface area contributed by atoms with Gasteiger partial charge in [-0.1, -0.05) is 38.1 Å². The van der Waals surface area contributed by atoms with Crippen molar-refractivity contribution in [2.24, 2.45) is 7.05 Å². The quantitative estimate of drug-likeness (QED) is 0.169. The van der Waals surface area contributed by atoms with E-state index in [1.54, 1.807) is 18.2 Å². The summed E-state index contributed by atoms with van der Waals surface area (Å²) in [5.41, 5.74) is 3.86. The normalized spacial score (nSPS) is 14.0. The van der Waals surface area contributed by atoms with Crippen LogP contribution in [0.4, 0.5) is 18.9 Å². The number of rotatable bonds is 8. The Hall–Kier alpha value is -5.16. The summed E-state index contributed by atoms with van der Waals surface area (Å²) in [4.78, 5) is 36.4. The van der Waals surface area contributed by atoms with Gasteiger partial charge in [-0.2, -0.15) is 13.2 Å². The number of benzene rings is 3. The largest absolute Gasteiger partial charge is 0.439 e. The molecule has 0 N–H and O–H groups in total. The number of anilines is 1. The highest BCUT2D eigenvalue weighted by Crippen LogP contribution is 2.31. The van der Waals surface area contributed by atoms with E-state index in [-0.39, 0.29) is 11.5 Å². The molecule has 0 saturated carbocycles. The highest BCUT2D eigenvalue weighted by molar-refractivity contribution is 6.05. The summed E-state index contributed by atoms with van der Waals surface area (Å²) < 4.78 is 46.6. The Kier molecular flexibility index (Phi) is 9.47. The molecular weight excluding hydrogens is 631 g/mol. The lowest BCUT2D eigenvalue weighted by Crippen LogP contribution is -2.48. The van der Waals surface area contributed by atoms with Crippen molar-refractivity contribution in [3.63, 3.8) is 0 Å². The zero-order valence-corrected chi connectivity index (χ0v) is 27.9. The molecule has 3 aromatic carbocycles. The van der Waals surface area contributed by atoms with Gasteiger partial charge in [0.05, 0.1) is 17.4 Å². The molecule has 0 aliphatic carbocycles. The highest BCUT2D eigenvalue weighted by Gasteiger charge is 2.30. The van der Waals surface area contributed by atoms with Gasteiger partial charge in [-0.05, 0) is 71.6 Å². The second-order valence-electron chi connectivity index (χ2n) is 12.7. The molecule has 11 heteroatoms. The van der Waals surface area contributed by atoms with Crippen molar-refractivity contribution in [3.05, 3.63) is 119 Å². The standard InChI is InChI=1S/C38H38F3N5O3/c1-25(2)27-7-5-26(6-8-27)24-45-17-19-46(20-18-45)37(48)34-22-29-21-32(14-15-33(29)44(34)4)49-35-16-13-31(23-42-35)43(3)36(47)28-9-11-30(12-10-28)38(39,40)41/h5-16,21-23,25H,17-20,24H2,1-4H3. The first-order valence-electron chi connectivity index (χ1n) is 16.2. The predicted molar refractivity (Wildman–Crippen MR) is 183 cm³/mol. The SMILES string of the molecule is CC(C)c1ccc(CN2CCN(C(=O)c3cc4cc(Oc5ccc(N(C)C(=O)c6ccc(C(F)(F)F)cc6)cn5)ccc4n3C)CC2)cc1. The number of carbonyl (C=O) groups is 2. The van der Waals surface area contributed by atoms with E-state index in [1.165, 1.54) is 29.3 Å². The first-order valence-corrected chi connectivity index (χ1v) is 16.2. The number of fused-ring (bicyclic) bond motifs is 1. The number of pyridine rings is 1. The Morgan fingerprint density at radius 1 is 0.898 bits per heavy atom. The van der Waals surface area contributed by atoms with Crippen LogP contribution < -0.4 is 9.64 Å². The molecule has 5 aromatic rings. The number of alkyl halides is 3. The van der Waals surface area contributed by atoms with Crippen LogP contribution in [-0.2, 0) is 19.8 Å². The van der Waals surface area contributed by atoms with E-state index in [9.17, 15) is 22.8 Å². The molecule has 2 aromatic heterocycles. The van der Waals surface area contributed by atoms with Crippen molar-refractivity contribution in [2.75, 3.05) is 38.1 Å². The third kappa shape index (κ3) is 7.46. The summed E-state index contributed by atoms with van der Waals surface area (Å²) in [5, 5.41) is 0.852. The minimum Gasteiger partial charge on any atom is -0.439 e. The van der Waals surface area contributed by atoms with Gasteiger partial charge in [0.2, 0.25) is 5.88 Å². The molecular formula is C38H38F3N5O3. The minimum atomic E-state index is -4.48. The van der Waals surface area contributed by atoms with Crippen LogP contribution in [0.5, 0.6) is 11.6 Å². The summed E-state index contributed by atoms with van der Waals surface area (Å²) in [5.74, 6) is 0.849. The monoisotopic (exact) mass is 669 g/mol. The number of halogens is 3. The van der Waals surface area contributed by atoms with Gasteiger partial charge in [0.25, 0.3) is 11.8 Å². The topological polar surface area (TPSA) is 70.9 Å². The van der Waals surface area contributed by atoms with Gasteiger partial charge in [-0.3, -0.25) is 14.5 Å². The van der Waals surface area contributed by atoms with E-state index in [2.05, 4.69) is 48.0 Å². The molecule has 1 fully saturated rings. The number of aryl methyl sites for hydroxylation is 1. The van der Waals surface area contributed by atoms with E-state index in [1.807, 2.05) is 34.7 Å². The van der Waals surface area contributed by atoms with Crippen molar-refractivity contribution < 1.29 is 27.5 Å². The second kappa shape index (κ2) is 13.8. The molecule has 1 aliphatic rings. The highest BCUT2D eigenvalue weighted by atomic mass is 19.4. The van der Waals surface area contributed by atoms with Crippen LogP contribution in [0.25, 0.3) is 10.9 Å². The smallest absolute Gasteiger partial charge is 0.416 e. The molecule has 0 spiro atoms. The fourth-order valence-corrected chi connectivity index (χ4v) is 6.00. The summed E-state index contributed by atoms with van der Waals surface area (Å²) in [6.45, 7) is 8.19.